The van der Waals surface area contributed by atoms with Crippen molar-refractivity contribution in [2.45, 2.75) is 19.9 Å². The molecule has 132 valence electrons. The molecule has 1 N–H and O–H groups in total. The van der Waals surface area contributed by atoms with E-state index in [9.17, 15) is 0 Å². The maximum Gasteiger partial charge on any atom is 0.174 e. The van der Waals surface area contributed by atoms with Gasteiger partial charge in [0.15, 0.2) is 5.82 Å². The van der Waals surface area contributed by atoms with E-state index in [0.717, 1.165) is 22.8 Å². The van der Waals surface area contributed by atoms with E-state index in [1.54, 1.807) is 17.1 Å². The summed E-state index contributed by atoms with van der Waals surface area (Å²) in [6.45, 7) is 4.68. The lowest BCUT2D eigenvalue weighted by atomic mass is 10.1. The summed E-state index contributed by atoms with van der Waals surface area (Å²) in [4.78, 5) is 11.1. The number of nitrogens with zero attached hydrogens (tertiary/aromatic N) is 7. The summed E-state index contributed by atoms with van der Waals surface area (Å²) in [6, 6.07) is 2.21. The maximum absolute atomic E-state index is 4.63. The molecular weight excluding hydrogens is 316 g/mol. The molecule has 25 heavy (non-hydrogen) atoms. The summed E-state index contributed by atoms with van der Waals surface area (Å²) in [5.41, 5.74) is 3.15. The summed E-state index contributed by atoms with van der Waals surface area (Å²) in [5, 5.41) is 12.1. The van der Waals surface area contributed by atoms with Crippen LogP contribution in [0.25, 0.3) is 5.82 Å². The van der Waals surface area contributed by atoms with Crippen molar-refractivity contribution in [2.75, 3.05) is 26.0 Å². The lowest BCUT2D eigenvalue weighted by Crippen LogP contribution is -2.27. The summed E-state index contributed by atoms with van der Waals surface area (Å²) < 4.78 is 3.62. The smallest absolute Gasteiger partial charge is 0.174 e. The van der Waals surface area contributed by atoms with Gasteiger partial charge < -0.3 is 10.2 Å². The van der Waals surface area contributed by atoms with Gasteiger partial charge in [-0.3, -0.25) is 9.67 Å². The van der Waals surface area contributed by atoms with E-state index in [1.807, 2.05) is 44.0 Å². The van der Waals surface area contributed by atoms with Crippen LogP contribution in [0.1, 0.15) is 23.0 Å². The lowest BCUT2D eigenvalue weighted by molar-refractivity contribution is 0.311. The maximum atomic E-state index is 4.63. The Labute approximate surface area is 147 Å². The molecule has 0 saturated heterocycles. The minimum Gasteiger partial charge on any atom is -0.367 e. The highest BCUT2D eigenvalue weighted by Crippen LogP contribution is 2.18. The number of aromatic nitrogens is 6. The van der Waals surface area contributed by atoms with E-state index in [1.165, 1.54) is 0 Å². The topological polar surface area (TPSA) is 76.7 Å². The molecule has 0 aliphatic rings. The first-order chi connectivity index (χ1) is 11.9. The van der Waals surface area contributed by atoms with E-state index in [4.69, 9.17) is 0 Å². The average molecular weight is 340 g/mol. The number of nitrogens with one attached hydrogen (secondary N) is 1. The molecule has 3 heterocycles. The summed E-state index contributed by atoms with van der Waals surface area (Å²) in [5.74, 6) is 1.43. The van der Waals surface area contributed by atoms with Crippen LogP contribution in [0.4, 0.5) is 5.82 Å². The summed E-state index contributed by atoms with van der Waals surface area (Å²) in [6.07, 6.45) is 7.37. The number of hydrogen-bond acceptors (Lipinski definition) is 6. The highest BCUT2D eigenvalue weighted by Gasteiger charge is 2.16. The van der Waals surface area contributed by atoms with Crippen LogP contribution in [-0.2, 0) is 7.05 Å². The van der Waals surface area contributed by atoms with Crippen LogP contribution in [0.2, 0.25) is 0 Å². The molecule has 0 aliphatic heterocycles. The second-order valence-corrected chi connectivity index (χ2v) is 6.41. The van der Waals surface area contributed by atoms with Crippen LogP contribution in [0.15, 0.2) is 30.9 Å². The first-order valence-corrected chi connectivity index (χ1v) is 8.18. The molecule has 0 saturated carbocycles. The monoisotopic (exact) mass is 340 g/mol. The first kappa shape index (κ1) is 17.1. The number of anilines is 1. The molecular formula is C17H24N8. The molecule has 0 amide bonds. The fourth-order valence-corrected chi connectivity index (χ4v) is 2.82. The van der Waals surface area contributed by atoms with Gasteiger partial charge in [0.25, 0.3) is 0 Å². The number of aryl methyl sites for hydroxylation is 3. The van der Waals surface area contributed by atoms with Gasteiger partial charge in [-0.15, -0.1) is 0 Å². The van der Waals surface area contributed by atoms with Crippen molar-refractivity contribution in [1.82, 2.24) is 34.4 Å². The van der Waals surface area contributed by atoms with Gasteiger partial charge in [0.2, 0.25) is 0 Å². The van der Waals surface area contributed by atoms with Crippen LogP contribution in [0.3, 0.4) is 0 Å². The highest BCUT2D eigenvalue weighted by molar-refractivity contribution is 5.37. The zero-order valence-corrected chi connectivity index (χ0v) is 15.3. The Bertz CT molecular complexity index is 848. The third kappa shape index (κ3) is 3.85. The van der Waals surface area contributed by atoms with E-state index in [-0.39, 0.29) is 6.04 Å². The first-order valence-electron chi connectivity index (χ1n) is 8.18. The Kier molecular flexibility index (Phi) is 4.80. The molecule has 0 bridgehead atoms. The van der Waals surface area contributed by atoms with Gasteiger partial charge in [-0.2, -0.15) is 10.2 Å². The summed E-state index contributed by atoms with van der Waals surface area (Å²) in [7, 11) is 6.03. The molecule has 0 aromatic carbocycles. The van der Waals surface area contributed by atoms with E-state index >= 15 is 0 Å². The largest absolute Gasteiger partial charge is 0.367 e. The minimum absolute atomic E-state index is 0.188. The number of likely N-dealkylation sites (N-methyl/N-ethyl adjacent to an activating group) is 1. The van der Waals surface area contributed by atoms with E-state index in [0.29, 0.717) is 12.4 Å². The Morgan fingerprint density at radius 2 is 2.00 bits per heavy atom. The van der Waals surface area contributed by atoms with Gasteiger partial charge in [-0.25, -0.2) is 9.67 Å². The van der Waals surface area contributed by atoms with Crippen LogP contribution in [0, 0.1) is 13.8 Å². The molecule has 0 aliphatic carbocycles. The van der Waals surface area contributed by atoms with Crippen LogP contribution < -0.4 is 5.32 Å². The second kappa shape index (κ2) is 7.02. The van der Waals surface area contributed by atoms with Gasteiger partial charge in [0, 0.05) is 31.0 Å². The molecule has 0 spiro atoms. The third-order valence-electron chi connectivity index (χ3n) is 4.06. The fourth-order valence-electron chi connectivity index (χ4n) is 2.82. The van der Waals surface area contributed by atoms with Crippen LogP contribution in [-0.4, -0.2) is 55.1 Å². The molecule has 1 unspecified atom stereocenters. The van der Waals surface area contributed by atoms with Gasteiger partial charge in [0.1, 0.15) is 5.82 Å². The number of hydrogen-bond donors (Lipinski definition) is 1. The van der Waals surface area contributed by atoms with Crippen molar-refractivity contribution in [3.63, 3.8) is 0 Å². The predicted octanol–water partition coefficient (Wildman–Crippen LogP) is 1.73. The SMILES string of the molecule is Cc1cc(C)n(-c2cncc(NCC(c3cnn(C)c3)N(C)C)n2)n1. The third-order valence-corrected chi connectivity index (χ3v) is 4.06. The normalized spacial score (nSPS) is 12.6. The van der Waals surface area contributed by atoms with Crippen molar-refractivity contribution < 1.29 is 0 Å². The molecule has 3 aromatic rings. The fraction of sp³-hybridized carbons (Fsp3) is 0.412. The molecule has 1 atom stereocenters. The Balaban J connectivity index is 1.76. The average Bonchev–Trinajstić information content (AvgIpc) is 3.13. The van der Waals surface area contributed by atoms with Crippen molar-refractivity contribution in [1.29, 1.82) is 0 Å². The van der Waals surface area contributed by atoms with Crippen molar-refractivity contribution in [2.24, 2.45) is 7.05 Å². The molecule has 0 fully saturated rings. The molecule has 3 aromatic heterocycles. The van der Waals surface area contributed by atoms with Gasteiger partial charge in [-0.1, -0.05) is 0 Å². The molecule has 8 nitrogen and oxygen atoms in total. The quantitative estimate of drug-likeness (QED) is 0.736. The van der Waals surface area contributed by atoms with E-state index in [2.05, 4.69) is 44.5 Å². The van der Waals surface area contributed by atoms with Crippen LogP contribution >= 0.6 is 0 Å². The molecule has 3 rings (SSSR count). The summed E-state index contributed by atoms with van der Waals surface area (Å²) >= 11 is 0. The Hall–Kier alpha value is -2.74. The second-order valence-electron chi connectivity index (χ2n) is 6.41. The van der Waals surface area contributed by atoms with Gasteiger partial charge in [0.05, 0.1) is 30.3 Å². The van der Waals surface area contributed by atoms with Gasteiger partial charge in [-0.05, 0) is 34.0 Å². The van der Waals surface area contributed by atoms with Crippen molar-refractivity contribution in [3.8, 4) is 5.82 Å². The van der Waals surface area contributed by atoms with Gasteiger partial charge >= 0.3 is 0 Å². The lowest BCUT2D eigenvalue weighted by Gasteiger charge is -2.23. The molecule has 8 heteroatoms. The van der Waals surface area contributed by atoms with E-state index < -0.39 is 0 Å². The minimum atomic E-state index is 0.188. The Morgan fingerprint density at radius 3 is 2.60 bits per heavy atom. The van der Waals surface area contributed by atoms with Crippen LogP contribution in [0.5, 0.6) is 0 Å². The zero-order chi connectivity index (χ0) is 18.0. The highest BCUT2D eigenvalue weighted by atomic mass is 15.3. The standard InChI is InChI=1S/C17H24N8/c1-12-6-13(2)25(22-12)17-10-18-9-16(21-17)19-8-15(23(3)4)14-7-20-24(5)11-14/h6-7,9-11,15H,8H2,1-5H3,(H,19,21). The Morgan fingerprint density at radius 1 is 1.20 bits per heavy atom. The zero-order valence-electron chi connectivity index (χ0n) is 15.3. The van der Waals surface area contributed by atoms with Crippen molar-refractivity contribution in [3.05, 3.63) is 47.8 Å². The number of rotatable bonds is 6. The van der Waals surface area contributed by atoms with Crippen molar-refractivity contribution >= 4 is 5.82 Å². The predicted molar refractivity (Wildman–Crippen MR) is 96.8 cm³/mol. The molecule has 0 radical (unpaired) electrons.